The highest BCUT2D eigenvalue weighted by Gasteiger charge is 2.51. The van der Waals surface area contributed by atoms with Crippen LogP contribution in [-0.2, 0) is 9.59 Å². The number of halogens is 1. The van der Waals surface area contributed by atoms with Gasteiger partial charge < -0.3 is 14.8 Å². The van der Waals surface area contributed by atoms with Gasteiger partial charge in [0.05, 0.1) is 10.9 Å². The standard InChI is InChI=1S/C14H8BrNO5S2/c15-4-1-2-6-5(3-4)7-8(13(19)21-6)10(12(17)18)22-11-9(7)23-14(20)16-11/h1-3,7-8,10H,(H,16,20)(H,17,18)/t7-,8+,10-/m0/s1. The van der Waals surface area contributed by atoms with Gasteiger partial charge >= 0.3 is 16.8 Å². The molecule has 0 fully saturated rings. The lowest BCUT2D eigenvalue weighted by Crippen LogP contribution is -2.44. The Bertz CT molecular complexity index is 905. The van der Waals surface area contributed by atoms with Gasteiger partial charge in [0.15, 0.2) is 0 Å². The number of rotatable bonds is 1. The van der Waals surface area contributed by atoms with Gasteiger partial charge in [0.25, 0.3) is 0 Å². The van der Waals surface area contributed by atoms with Crippen LogP contribution in [-0.4, -0.2) is 27.3 Å². The first-order chi connectivity index (χ1) is 11.0. The van der Waals surface area contributed by atoms with E-state index in [4.69, 9.17) is 4.74 Å². The van der Waals surface area contributed by atoms with Crippen LogP contribution in [0.25, 0.3) is 0 Å². The molecule has 2 aromatic rings. The molecule has 0 aliphatic carbocycles. The van der Waals surface area contributed by atoms with Crippen LogP contribution in [0.15, 0.2) is 32.5 Å². The van der Waals surface area contributed by atoms with Crippen LogP contribution < -0.4 is 9.61 Å². The minimum Gasteiger partial charge on any atom is -0.480 e. The number of aromatic nitrogens is 1. The molecular formula is C14H8BrNO5S2. The number of fused-ring (bicyclic) bond motifs is 5. The predicted octanol–water partition coefficient (Wildman–Crippen LogP) is 2.42. The topological polar surface area (TPSA) is 96.5 Å². The molecule has 4 rings (SSSR count). The van der Waals surface area contributed by atoms with E-state index < -0.39 is 29.0 Å². The summed E-state index contributed by atoms with van der Waals surface area (Å²) in [7, 11) is 0. The average molecular weight is 414 g/mol. The molecule has 0 saturated carbocycles. The van der Waals surface area contributed by atoms with E-state index in [1.54, 1.807) is 12.1 Å². The van der Waals surface area contributed by atoms with Gasteiger partial charge in [-0.3, -0.25) is 14.4 Å². The highest BCUT2D eigenvalue weighted by atomic mass is 79.9. The second-order valence-corrected chi connectivity index (χ2v) is 8.27. The third-order valence-corrected chi connectivity index (χ3v) is 6.78. The lowest BCUT2D eigenvalue weighted by molar-refractivity contribution is -0.147. The Morgan fingerprint density at radius 3 is 2.87 bits per heavy atom. The van der Waals surface area contributed by atoms with E-state index in [0.717, 1.165) is 27.6 Å². The Labute approximate surface area is 146 Å². The average Bonchev–Trinajstić information content (AvgIpc) is 2.86. The molecule has 23 heavy (non-hydrogen) atoms. The largest absolute Gasteiger partial charge is 0.480 e. The number of thiazole rings is 1. The maximum Gasteiger partial charge on any atom is 0.317 e. The molecule has 2 aliphatic rings. The monoisotopic (exact) mass is 413 g/mol. The van der Waals surface area contributed by atoms with Crippen LogP contribution in [0.1, 0.15) is 16.4 Å². The van der Waals surface area contributed by atoms with Crippen molar-refractivity contribution >= 4 is 51.0 Å². The smallest absolute Gasteiger partial charge is 0.317 e. The maximum absolute atomic E-state index is 12.4. The number of ether oxygens (including phenoxy) is 1. The normalized spacial score (nSPS) is 25.1. The number of hydrogen-bond acceptors (Lipinski definition) is 6. The molecule has 3 heterocycles. The van der Waals surface area contributed by atoms with E-state index in [0.29, 0.717) is 21.2 Å². The number of nitrogens with one attached hydrogen (secondary N) is 1. The summed E-state index contributed by atoms with van der Waals surface area (Å²) in [6, 6.07) is 5.22. The highest BCUT2D eigenvalue weighted by molar-refractivity contribution is 9.10. The second kappa shape index (κ2) is 5.22. The molecule has 1 aromatic carbocycles. The van der Waals surface area contributed by atoms with Gasteiger partial charge in [-0.2, -0.15) is 0 Å². The zero-order valence-electron chi connectivity index (χ0n) is 11.2. The molecule has 0 bridgehead atoms. The molecule has 6 nitrogen and oxygen atoms in total. The lowest BCUT2D eigenvalue weighted by Gasteiger charge is -2.37. The minimum absolute atomic E-state index is 0.261. The van der Waals surface area contributed by atoms with Crippen LogP contribution in [0.2, 0.25) is 0 Å². The van der Waals surface area contributed by atoms with Gasteiger partial charge in [-0.1, -0.05) is 39.0 Å². The van der Waals surface area contributed by atoms with Crippen molar-refractivity contribution in [3.05, 3.63) is 42.8 Å². The van der Waals surface area contributed by atoms with Crippen LogP contribution in [0, 0.1) is 5.92 Å². The van der Waals surface area contributed by atoms with Crippen LogP contribution >= 0.6 is 39.0 Å². The fourth-order valence-corrected chi connectivity index (χ4v) is 5.76. The Kier molecular flexibility index (Phi) is 3.40. The number of thioether (sulfide) groups is 1. The second-order valence-electron chi connectivity index (χ2n) is 5.19. The number of aliphatic carboxylic acids is 1. The van der Waals surface area contributed by atoms with Gasteiger partial charge in [0.1, 0.15) is 11.0 Å². The number of carbonyl (C=O) groups is 2. The van der Waals surface area contributed by atoms with Crippen molar-refractivity contribution in [1.82, 2.24) is 4.98 Å². The lowest BCUT2D eigenvalue weighted by atomic mass is 9.80. The summed E-state index contributed by atoms with van der Waals surface area (Å²) in [6.45, 7) is 0. The number of carboxylic acids is 1. The van der Waals surface area contributed by atoms with Crippen molar-refractivity contribution < 1.29 is 19.4 Å². The van der Waals surface area contributed by atoms with E-state index in [2.05, 4.69) is 20.9 Å². The fraction of sp³-hybridized carbons (Fsp3) is 0.214. The van der Waals surface area contributed by atoms with Crippen LogP contribution in [0.4, 0.5) is 0 Å². The first kappa shape index (κ1) is 15.0. The Morgan fingerprint density at radius 2 is 2.13 bits per heavy atom. The first-order valence-corrected chi connectivity index (χ1v) is 9.08. The number of benzene rings is 1. The molecule has 2 aliphatic heterocycles. The predicted molar refractivity (Wildman–Crippen MR) is 87.3 cm³/mol. The fourth-order valence-electron chi connectivity index (χ4n) is 2.99. The van der Waals surface area contributed by atoms with E-state index in [-0.39, 0.29) is 4.87 Å². The van der Waals surface area contributed by atoms with E-state index >= 15 is 0 Å². The molecule has 0 unspecified atom stereocenters. The molecule has 118 valence electrons. The Hall–Kier alpha value is -1.58. The van der Waals surface area contributed by atoms with Gasteiger partial charge in [0, 0.05) is 20.8 Å². The number of esters is 1. The van der Waals surface area contributed by atoms with Crippen molar-refractivity contribution in [3.8, 4) is 5.75 Å². The van der Waals surface area contributed by atoms with E-state index in [9.17, 15) is 19.5 Å². The van der Waals surface area contributed by atoms with Crippen molar-refractivity contribution in [2.75, 3.05) is 0 Å². The summed E-state index contributed by atoms with van der Waals surface area (Å²) in [5.74, 6) is -2.63. The van der Waals surface area contributed by atoms with Crippen molar-refractivity contribution in [3.63, 3.8) is 0 Å². The Balaban J connectivity index is 2.00. The van der Waals surface area contributed by atoms with E-state index in [1.807, 2.05) is 6.07 Å². The molecular weight excluding hydrogens is 406 g/mol. The summed E-state index contributed by atoms with van der Waals surface area (Å²) in [4.78, 5) is 38.9. The van der Waals surface area contributed by atoms with Gasteiger partial charge in [-0.25, -0.2) is 0 Å². The Morgan fingerprint density at radius 1 is 1.35 bits per heavy atom. The summed E-state index contributed by atoms with van der Waals surface area (Å²) < 4.78 is 6.13. The van der Waals surface area contributed by atoms with Gasteiger partial charge in [-0.15, -0.1) is 0 Å². The number of carboxylic acid groups (broad SMARTS) is 1. The van der Waals surface area contributed by atoms with Gasteiger partial charge in [-0.05, 0) is 18.2 Å². The zero-order chi connectivity index (χ0) is 16.3. The molecule has 0 amide bonds. The van der Waals surface area contributed by atoms with Crippen LogP contribution in [0.5, 0.6) is 5.75 Å². The first-order valence-electron chi connectivity index (χ1n) is 6.59. The highest BCUT2D eigenvalue weighted by Crippen LogP contribution is 2.53. The molecule has 0 spiro atoms. The van der Waals surface area contributed by atoms with Crippen LogP contribution in [0.3, 0.4) is 0 Å². The quantitative estimate of drug-likeness (QED) is 0.550. The third-order valence-electron chi connectivity index (χ3n) is 3.89. The van der Waals surface area contributed by atoms with E-state index in [1.165, 1.54) is 0 Å². The molecule has 9 heteroatoms. The minimum atomic E-state index is -1.10. The maximum atomic E-state index is 12.4. The summed E-state index contributed by atoms with van der Waals surface area (Å²) in [6.07, 6.45) is 0. The number of H-pyrrole nitrogens is 1. The SMILES string of the molecule is O=C1Oc2ccc(Br)cc2[C@@H]2c3sc(=O)[nH]c3S[C@H](C(=O)O)[C@H]12. The van der Waals surface area contributed by atoms with Gasteiger partial charge in [0.2, 0.25) is 0 Å². The molecule has 0 saturated heterocycles. The number of hydrogen-bond donors (Lipinski definition) is 2. The summed E-state index contributed by atoms with van der Waals surface area (Å²) in [5, 5.41) is 9.02. The molecule has 2 N–H and O–H groups in total. The molecule has 1 aromatic heterocycles. The van der Waals surface area contributed by atoms with Crippen molar-refractivity contribution in [1.29, 1.82) is 0 Å². The molecule has 0 radical (unpaired) electrons. The number of aromatic amines is 1. The van der Waals surface area contributed by atoms with Crippen molar-refractivity contribution in [2.24, 2.45) is 5.92 Å². The summed E-state index contributed by atoms with van der Waals surface area (Å²) >= 11 is 5.39. The van der Waals surface area contributed by atoms with Crippen molar-refractivity contribution in [2.45, 2.75) is 16.2 Å². The molecule has 3 atom stereocenters. The summed E-state index contributed by atoms with van der Waals surface area (Å²) in [5.41, 5.74) is 0.715. The number of carbonyl (C=O) groups excluding carboxylic acids is 1. The zero-order valence-corrected chi connectivity index (χ0v) is 14.5. The third kappa shape index (κ3) is 2.26.